The largest absolute Gasteiger partial charge is 0.480 e. The van der Waals surface area contributed by atoms with Crippen LogP contribution in [0, 0.1) is 11.8 Å². The fraction of sp³-hybridized carbons (Fsp3) is 0.382. The number of likely N-dealkylation sites (N-methyl/N-ethyl adjacent to an activating group) is 1. The Bertz CT molecular complexity index is 1350. The molecule has 0 heterocycles. The van der Waals surface area contributed by atoms with Crippen molar-refractivity contribution in [3.8, 4) is 11.1 Å². The minimum absolute atomic E-state index is 0.0238. The molecule has 8 heteroatoms. The molecule has 3 unspecified atom stereocenters. The number of carboxylic acid groups (broad SMARTS) is 1. The zero-order valence-corrected chi connectivity index (χ0v) is 24.0. The summed E-state index contributed by atoms with van der Waals surface area (Å²) in [5.74, 6) is -1.81. The van der Waals surface area contributed by atoms with Crippen LogP contribution >= 0.6 is 0 Å². The summed E-state index contributed by atoms with van der Waals surface area (Å²) < 4.78 is 5.68. The third kappa shape index (κ3) is 6.99. The van der Waals surface area contributed by atoms with Crippen LogP contribution in [0.2, 0.25) is 0 Å². The van der Waals surface area contributed by atoms with Crippen molar-refractivity contribution >= 4 is 18.0 Å². The van der Waals surface area contributed by atoms with Gasteiger partial charge in [-0.1, -0.05) is 91.7 Å². The third-order valence-corrected chi connectivity index (χ3v) is 8.50. The number of hydrogen-bond acceptors (Lipinski definition) is 5. The van der Waals surface area contributed by atoms with E-state index in [9.17, 15) is 19.5 Å². The Hall–Kier alpha value is -4.17. The van der Waals surface area contributed by atoms with Crippen molar-refractivity contribution in [2.24, 2.45) is 11.8 Å². The smallest absolute Gasteiger partial charge is 0.407 e. The predicted octanol–water partition coefficient (Wildman–Crippen LogP) is 5.03. The summed E-state index contributed by atoms with van der Waals surface area (Å²) in [7, 11) is 1.84. The van der Waals surface area contributed by atoms with Gasteiger partial charge in [0.2, 0.25) is 5.91 Å². The maximum absolute atomic E-state index is 13.3. The lowest BCUT2D eigenvalue weighted by molar-refractivity contribution is -0.143. The molecule has 220 valence electrons. The highest BCUT2D eigenvalue weighted by molar-refractivity contribution is 5.85. The molecule has 0 saturated heterocycles. The SMILES string of the molecule is CN(Cc1ccccc1)CC(NC(=O)C1CCCCC1CNC(=O)OCC1c2ccccc2-c2ccccc21)C(=O)O. The van der Waals surface area contributed by atoms with E-state index in [1.165, 1.54) is 11.1 Å². The molecule has 5 rings (SSSR count). The molecule has 3 N–H and O–H groups in total. The number of carbonyl (C=O) groups excluding carboxylic acids is 2. The number of hydrogen-bond donors (Lipinski definition) is 3. The van der Waals surface area contributed by atoms with Crippen LogP contribution in [0.4, 0.5) is 4.79 Å². The molecule has 2 aliphatic carbocycles. The van der Waals surface area contributed by atoms with Crippen molar-refractivity contribution in [1.29, 1.82) is 0 Å². The Kier molecular flexibility index (Phi) is 9.54. The number of carboxylic acids is 1. The van der Waals surface area contributed by atoms with Gasteiger partial charge in [-0.15, -0.1) is 0 Å². The van der Waals surface area contributed by atoms with Crippen LogP contribution < -0.4 is 10.6 Å². The molecular weight excluding hydrogens is 530 g/mol. The monoisotopic (exact) mass is 569 g/mol. The summed E-state index contributed by atoms with van der Waals surface area (Å²) in [6, 6.07) is 25.2. The quantitative estimate of drug-likeness (QED) is 0.299. The van der Waals surface area contributed by atoms with Crippen LogP contribution in [0.5, 0.6) is 0 Å². The van der Waals surface area contributed by atoms with Gasteiger partial charge in [-0.3, -0.25) is 9.69 Å². The summed E-state index contributed by atoms with van der Waals surface area (Å²) in [5.41, 5.74) is 5.71. The Morgan fingerprint density at radius 2 is 1.52 bits per heavy atom. The first-order chi connectivity index (χ1) is 20.4. The minimum Gasteiger partial charge on any atom is -0.480 e. The van der Waals surface area contributed by atoms with Crippen molar-refractivity contribution in [1.82, 2.24) is 15.5 Å². The first kappa shape index (κ1) is 29.3. The second-order valence-corrected chi connectivity index (χ2v) is 11.4. The Labute approximate surface area is 247 Å². The lowest BCUT2D eigenvalue weighted by Gasteiger charge is -2.32. The highest BCUT2D eigenvalue weighted by atomic mass is 16.5. The fourth-order valence-electron chi connectivity index (χ4n) is 6.40. The van der Waals surface area contributed by atoms with Gasteiger partial charge in [0.1, 0.15) is 12.6 Å². The summed E-state index contributed by atoms with van der Waals surface area (Å²) in [5, 5.41) is 15.5. The maximum atomic E-state index is 13.3. The van der Waals surface area contributed by atoms with Gasteiger partial charge in [-0.25, -0.2) is 9.59 Å². The first-order valence-electron chi connectivity index (χ1n) is 14.7. The van der Waals surface area contributed by atoms with E-state index in [-0.39, 0.29) is 36.8 Å². The van der Waals surface area contributed by atoms with Gasteiger partial charge in [0.25, 0.3) is 0 Å². The number of aliphatic carboxylic acids is 1. The van der Waals surface area contributed by atoms with Crippen LogP contribution in [0.25, 0.3) is 11.1 Å². The zero-order chi connectivity index (χ0) is 29.5. The molecule has 3 aromatic carbocycles. The molecule has 3 atom stereocenters. The van der Waals surface area contributed by atoms with Crippen molar-refractivity contribution in [3.05, 3.63) is 95.6 Å². The van der Waals surface area contributed by atoms with E-state index in [1.807, 2.05) is 66.5 Å². The second kappa shape index (κ2) is 13.7. The van der Waals surface area contributed by atoms with Crippen LogP contribution in [0.3, 0.4) is 0 Å². The van der Waals surface area contributed by atoms with Gasteiger partial charge in [-0.05, 0) is 53.6 Å². The van der Waals surface area contributed by atoms with E-state index >= 15 is 0 Å². The van der Waals surface area contributed by atoms with Crippen LogP contribution in [0.1, 0.15) is 48.3 Å². The Morgan fingerprint density at radius 1 is 0.905 bits per heavy atom. The van der Waals surface area contributed by atoms with E-state index in [1.54, 1.807) is 0 Å². The normalized spacial score (nSPS) is 18.5. The van der Waals surface area contributed by atoms with E-state index in [0.717, 1.165) is 36.0 Å². The maximum Gasteiger partial charge on any atom is 0.407 e. The van der Waals surface area contributed by atoms with Crippen LogP contribution in [0.15, 0.2) is 78.9 Å². The standard InChI is InChI=1S/C34H39N3O5/c1-37(20-23-11-3-2-4-12-23)21-31(33(39)40)36-32(38)25-14-6-5-13-24(25)19-35-34(41)42-22-30-28-17-9-7-15-26(28)27-16-8-10-18-29(27)30/h2-4,7-12,15-18,24-25,30-31H,5-6,13-14,19-22H2,1H3,(H,35,41)(H,36,38)(H,39,40). The summed E-state index contributed by atoms with van der Waals surface area (Å²) >= 11 is 0. The molecule has 0 radical (unpaired) electrons. The van der Waals surface area contributed by atoms with Gasteiger partial charge >= 0.3 is 12.1 Å². The molecule has 1 fully saturated rings. The molecule has 1 saturated carbocycles. The van der Waals surface area contributed by atoms with Crippen molar-refractivity contribution < 1.29 is 24.2 Å². The average molecular weight is 570 g/mol. The lowest BCUT2D eigenvalue weighted by atomic mass is 9.78. The summed E-state index contributed by atoms with van der Waals surface area (Å²) in [4.78, 5) is 40.0. The molecule has 3 aromatic rings. The Morgan fingerprint density at radius 3 is 2.19 bits per heavy atom. The lowest BCUT2D eigenvalue weighted by Crippen LogP contribution is -2.51. The van der Waals surface area contributed by atoms with E-state index < -0.39 is 18.1 Å². The van der Waals surface area contributed by atoms with Gasteiger partial charge in [0.05, 0.1) is 0 Å². The average Bonchev–Trinajstić information content (AvgIpc) is 3.32. The molecule has 42 heavy (non-hydrogen) atoms. The molecule has 2 aliphatic rings. The van der Waals surface area contributed by atoms with Gasteiger partial charge in [0.15, 0.2) is 0 Å². The number of fused-ring (bicyclic) bond motifs is 3. The molecule has 0 spiro atoms. The van der Waals surface area contributed by atoms with Crippen molar-refractivity contribution in [3.63, 3.8) is 0 Å². The number of nitrogens with one attached hydrogen (secondary N) is 2. The van der Waals surface area contributed by atoms with E-state index in [4.69, 9.17) is 4.74 Å². The number of rotatable bonds is 11. The second-order valence-electron chi connectivity index (χ2n) is 11.4. The summed E-state index contributed by atoms with van der Waals surface area (Å²) in [6.07, 6.45) is 2.80. The third-order valence-electron chi connectivity index (χ3n) is 8.50. The summed E-state index contributed by atoms with van der Waals surface area (Å²) in [6.45, 7) is 1.30. The predicted molar refractivity (Wildman–Crippen MR) is 161 cm³/mol. The highest BCUT2D eigenvalue weighted by Crippen LogP contribution is 2.44. The van der Waals surface area contributed by atoms with Crippen molar-refractivity contribution in [2.45, 2.75) is 44.2 Å². The van der Waals surface area contributed by atoms with Gasteiger partial charge in [0, 0.05) is 31.5 Å². The molecule has 2 amide bonds. The topological polar surface area (TPSA) is 108 Å². The van der Waals surface area contributed by atoms with Crippen molar-refractivity contribution in [2.75, 3.05) is 26.7 Å². The van der Waals surface area contributed by atoms with Crippen LogP contribution in [-0.2, 0) is 20.9 Å². The number of carbonyl (C=O) groups is 3. The number of nitrogens with zero attached hydrogens (tertiary/aromatic N) is 1. The molecule has 0 aromatic heterocycles. The fourth-order valence-corrected chi connectivity index (χ4v) is 6.40. The van der Waals surface area contributed by atoms with Gasteiger partial charge < -0.3 is 20.5 Å². The molecule has 0 bridgehead atoms. The number of alkyl carbamates (subject to hydrolysis) is 1. The molecular formula is C34H39N3O5. The van der Waals surface area contributed by atoms with Gasteiger partial charge in [-0.2, -0.15) is 0 Å². The minimum atomic E-state index is -1.06. The Balaban J connectivity index is 1.13. The van der Waals surface area contributed by atoms with E-state index in [0.29, 0.717) is 19.5 Å². The molecule has 8 nitrogen and oxygen atoms in total. The zero-order valence-electron chi connectivity index (χ0n) is 24.0. The number of ether oxygens (including phenoxy) is 1. The van der Waals surface area contributed by atoms with Crippen LogP contribution in [-0.4, -0.2) is 60.8 Å². The first-order valence-corrected chi connectivity index (χ1v) is 14.7. The number of benzene rings is 3. The van der Waals surface area contributed by atoms with E-state index in [2.05, 4.69) is 34.9 Å². The molecule has 0 aliphatic heterocycles. The number of amides is 2. The highest BCUT2D eigenvalue weighted by Gasteiger charge is 2.34.